The molecule has 0 spiro atoms. The Morgan fingerprint density at radius 3 is 2.50 bits per heavy atom. The summed E-state index contributed by atoms with van der Waals surface area (Å²) in [5.74, 6) is 1.84. The van der Waals surface area contributed by atoms with Crippen LogP contribution in [0.25, 0.3) is 0 Å². The highest BCUT2D eigenvalue weighted by Crippen LogP contribution is 2.39. The molecular weight excluding hydrogens is 238 g/mol. The molecular formula is C16H27NS. The molecule has 0 aromatic carbocycles. The van der Waals surface area contributed by atoms with Gasteiger partial charge in [-0.1, -0.05) is 33.1 Å². The molecule has 2 heteroatoms. The van der Waals surface area contributed by atoms with Crippen LogP contribution in [0.15, 0.2) is 11.4 Å². The Bertz CT molecular complexity index is 350. The molecule has 0 amide bonds. The van der Waals surface area contributed by atoms with E-state index in [1.165, 1.54) is 37.0 Å². The molecule has 0 saturated heterocycles. The quantitative estimate of drug-likeness (QED) is 0.796. The molecule has 1 aliphatic rings. The van der Waals surface area contributed by atoms with Gasteiger partial charge in [0.05, 0.1) is 0 Å². The van der Waals surface area contributed by atoms with Crippen LogP contribution in [0.3, 0.4) is 0 Å². The maximum Gasteiger partial charge on any atom is 0.0359 e. The van der Waals surface area contributed by atoms with E-state index < -0.39 is 0 Å². The smallest absolute Gasteiger partial charge is 0.0359 e. The van der Waals surface area contributed by atoms with Gasteiger partial charge in [-0.25, -0.2) is 0 Å². The molecule has 102 valence electrons. The van der Waals surface area contributed by atoms with Crippen molar-refractivity contribution in [3.8, 4) is 0 Å². The van der Waals surface area contributed by atoms with Gasteiger partial charge in [-0.05, 0) is 55.2 Å². The van der Waals surface area contributed by atoms with Crippen LogP contribution in [0.1, 0.15) is 62.4 Å². The summed E-state index contributed by atoms with van der Waals surface area (Å²) in [5, 5.41) is 5.98. The zero-order valence-corrected chi connectivity index (χ0v) is 12.9. The van der Waals surface area contributed by atoms with E-state index in [1.54, 1.807) is 5.56 Å². The minimum absolute atomic E-state index is 0.596. The van der Waals surface area contributed by atoms with Crippen molar-refractivity contribution in [1.82, 2.24) is 5.32 Å². The molecule has 1 aromatic rings. The van der Waals surface area contributed by atoms with Gasteiger partial charge in [0.2, 0.25) is 0 Å². The third-order valence-corrected chi connectivity index (χ3v) is 5.46. The molecule has 0 radical (unpaired) electrons. The Morgan fingerprint density at radius 1 is 1.28 bits per heavy atom. The van der Waals surface area contributed by atoms with Gasteiger partial charge < -0.3 is 5.32 Å². The van der Waals surface area contributed by atoms with Gasteiger partial charge in [0.1, 0.15) is 0 Å². The topological polar surface area (TPSA) is 12.0 Å². The molecule has 2 rings (SSSR count). The normalized spacial score (nSPS) is 26.2. The zero-order valence-electron chi connectivity index (χ0n) is 12.0. The van der Waals surface area contributed by atoms with E-state index in [4.69, 9.17) is 0 Å². The molecule has 18 heavy (non-hydrogen) atoms. The third kappa shape index (κ3) is 3.16. The first-order valence-corrected chi connectivity index (χ1v) is 8.41. The maximum atomic E-state index is 3.74. The summed E-state index contributed by atoms with van der Waals surface area (Å²) in [7, 11) is 0. The van der Waals surface area contributed by atoms with Gasteiger partial charge in [-0.2, -0.15) is 0 Å². The van der Waals surface area contributed by atoms with Crippen molar-refractivity contribution < 1.29 is 0 Å². The highest BCUT2D eigenvalue weighted by Gasteiger charge is 2.28. The predicted octanol–water partition coefficient (Wildman–Crippen LogP) is 4.92. The maximum absolute atomic E-state index is 3.74. The summed E-state index contributed by atoms with van der Waals surface area (Å²) in [6.07, 6.45) is 7.06. The minimum Gasteiger partial charge on any atom is -0.310 e. The summed E-state index contributed by atoms with van der Waals surface area (Å²) in [6, 6.07) is 2.93. The summed E-state index contributed by atoms with van der Waals surface area (Å²) < 4.78 is 0. The lowest BCUT2D eigenvalue weighted by atomic mass is 9.76. The van der Waals surface area contributed by atoms with Gasteiger partial charge in [-0.3, -0.25) is 0 Å². The number of hydrogen-bond acceptors (Lipinski definition) is 2. The van der Waals surface area contributed by atoms with E-state index in [0.717, 1.165) is 18.4 Å². The largest absolute Gasteiger partial charge is 0.310 e. The van der Waals surface area contributed by atoms with Crippen molar-refractivity contribution in [2.75, 3.05) is 6.54 Å². The van der Waals surface area contributed by atoms with E-state index >= 15 is 0 Å². The van der Waals surface area contributed by atoms with Crippen molar-refractivity contribution in [3.63, 3.8) is 0 Å². The Labute approximate surface area is 116 Å². The van der Waals surface area contributed by atoms with Crippen molar-refractivity contribution in [2.24, 2.45) is 11.8 Å². The Morgan fingerprint density at radius 2 is 2.00 bits per heavy atom. The summed E-state index contributed by atoms with van der Waals surface area (Å²) in [6.45, 7) is 7.91. The van der Waals surface area contributed by atoms with Gasteiger partial charge >= 0.3 is 0 Å². The number of hydrogen-bond donors (Lipinski definition) is 1. The molecule has 1 atom stereocenters. The van der Waals surface area contributed by atoms with Gasteiger partial charge in [-0.15, -0.1) is 11.3 Å². The fourth-order valence-corrected chi connectivity index (χ4v) is 4.15. The Balaban J connectivity index is 2.05. The molecule has 1 N–H and O–H groups in total. The summed E-state index contributed by atoms with van der Waals surface area (Å²) in [4.78, 5) is 1.50. The van der Waals surface area contributed by atoms with E-state index in [-0.39, 0.29) is 0 Å². The highest BCUT2D eigenvalue weighted by atomic mass is 32.1. The van der Waals surface area contributed by atoms with Crippen molar-refractivity contribution in [3.05, 3.63) is 21.9 Å². The van der Waals surface area contributed by atoms with E-state index in [1.807, 2.05) is 11.3 Å². The Hall–Kier alpha value is -0.340. The number of thiophene rings is 1. The van der Waals surface area contributed by atoms with Crippen LogP contribution < -0.4 is 5.32 Å². The zero-order chi connectivity index (χ0) is 13.0. The molecule has 1 fully saturated rings. The molecule has 1 heterocycles. The van der Waals surface area contributed by atoms with Gasteiger partial charge in [0, 0.05) is 10.9 Å². The highest BCUT2D eigenvalue weighted by molar-refractivity contribution is 7.10. The number of rotatable bonds is 5. The van der Waals surface area contributed by atoms with E-state index in [2.05, 4.69) is 37.5 Å². The molecule has 1 aromatic heterocycles. The van der Waals surface area contributed by atoms with Crippen LogP contribution in [0.4, 0.5) is 0 Å². The molecule has 1 nitrogen and oxygen atoms in total. The second-order valence-corrected chi connectivity index (χ2v) is 6.78. The summed E-state index contributed by atoms with van der Waals surface area (Å²) in [5.41, 5.74) is 1.56. The van der Waals surface area contributed by atoms with Crippen LogP contribution in [-0.4, -0.2) is 6.54 Å². The average Bonchev–Trinajstić information content (AvgIpc) is 2.82. The van der Waals surface area contributed by atoms with E-state index in [9.17, 15) is 0 Å². The molecule has 1 saturated carbocycles. The van der Waals surface area contributed by atoms with Crippen molar-refractivity contribution >= 4 is 11.3 Å². The lowest BCUT2D eigenvalue weighted by molar-refractivity contribution is 0.220. The SMILES string of the molecule is CCNC(c1ccsc1C)C1CCC(CC)CC1. The predicted molar refractivity (Wildman–Crippen MR) is 81.2 cm³/mol. The lowest BCUT2D eigenvalue weighted by Crippen LogP contribution is -2.31. The molecule has 0 aliphatic heterocycles. The monoisotopic (exact) mass is 265 g/mol. The molecule has 1 aliphatic carbocycles. The van der Waals surface area contributed by atoms with Gasteiger partial charge in [0.15, 0.2) is 0 Å². The Kier molecular flexibility index (Phi) is 5.25. The molecule has 0 bridgehead atoms. The fourth-order valence-electron chi connectivity index (χ4n) is 3.40. The average molecular weight is 265 g/mol. The van der Waals surface area contributed by atoms with Crippen molar-refractivity contribution in [2.45, 2.75) is 58.9 Å². The first-order chi connectivity index (χ1) is 8.76. The first kappa shape index (κ1) is 14.1. The van der Waals surface area contributed by atoms with Gasteiger partial charge in [0.25, 0.3) is 0 Å². The van der Waals surface area contributed by atoms with Crippen LogP contribution >= 0.6 is 11.3 Å². The van der Waals surface area contributed by atoms with E-state index in [0.29, 0.717) is 6.04 Å². The first-order valence-electron chi connectivity index (χ1n) is 7.53. The standard InChI is InChI=1S/C16H27NS/c1-4-13-6-8-14(9-7-13)16(17-5-2)15-10-11-18-12(15)3/h10-11,13-14,16-17H,4-9H2,1-3H3. The number of nitrogens with one attached hydrogen (secondary N) is 1. The van der Waals surface area contributed by atoms with Crippen LogP contribution in [0, 0.1) is 18.8 Å². The van der Waals surface area contributed by atoms with Crippen molar-refractivity contribution in [1.29, 1.82) is 0 Å². The summed E-state index contributed by atoms with van der Waals surface area (Å²) >= 11 is 1.89. The fraction of sp³-hybridized carbons (Fsp3) is 0.750. The van der Waals surface area contributed by atoms with Crippen LogP contribution in [0.2, 0.25) is 0 Å². The third-order valence-electron chi connectivity index (χ3n) is 4.60. The minimum atomic E-state index is 0.596. The van der Waals surface area contributed by atoms with Crippen LogP contribution in [0.5, 0.6) is 0 Å². The number of aryl methyl sites for hydroxylation is 1. The second kappa shape index (κ2) is 6.72. The second-order valence-electron chi connectivity index (χ2n) is 5.66. The van der Waals surface area contributed by atoms with Crippen LogP contribution in [-0.2, 0) is 0 Å². The lowest BCUT2D eigenvalue weighted by Gasteiger charge is -2.34. The molecule has 1 unspecified atom stereocenters.